The van der Waals surface area contributed by atoms with Crippen molar-refractivity contribution in [1.29, 1.82) is 0 Å². The molecule has 0 radical (unpaired) electrons. The van der Waals surface area contributed by atoms with Gasteiger partial charge in [-0.05, 0) is 36.6 Å². The Bertz CT molecular complexity index is 686. The molecule has 1 N–H and O–H groups in total. The molecule has 3 rings (SSSR count). The molecule has 3 nitrogen and oxygen atoms in total. The van der Waals surface area contributed by atoms with Crippen molar-refractivity contribution in [2.45, 2.75) is 25.9 Å². The Balaban J connectivity index is 1.68. The van der Waals surface area contributed by atoms with Gasteiger partial charge in [-0.25, -0.2) is 4.39 Å². The van der Waals surface area contributed by atoms with Gasteiger partial charge in [0.25, 0.3) is 0 Å². The second-order valence-corrected chi connectivity index (χ2v) is 5.63. The van der Waals surface area contributed by atoms with Crippen molar-refractivity contribution in [3.63, 3.8) is 0 Å². The molecule has 0 spiro atoms. The summed E-state index contributed by atoms with van der Waals surface area (Å²) in [4.78, 5) is 14.5. The molecule has 1 amide bonds. The number of amides is 1. The summed E-state index contributed by atoms with van der Waals surface area (Å²) in [5.41, 5.74) is 2.84. The number of fused-ring (bicyclic) bond motifs is 1. The largest absolute Gasteiger partial charge is 0.322 e. The molecule has 0 aromatic heterocycles. The normalized spacial score (nSPS) is 15.9. The smallest absolute Gasteiger partial charge is 0.241 e. The van der Waals surface area contributed by atoms with Gasteiger partial charge in [-0.3, -0.25) is 9.69 Å². The van der Waals surface area contributed by atoms with Crippen molar-refractivity contribution >= 4 is 11.6 Å². The second-order valence-electron chi connectivity index (χ2n) is 5.63. The maximum atomic E-state index is 13.6. The third kappa shape index (κ3) is 3.02. The van der Waals surface area contributed by atoms with E-state index in [4.69, 9.17) is 0 Å². The summed E-state index contributed by atoms with van der Waals surface area (Å²) >= 11 is 0. The summed E-state index contributed by atoms with van der Waals surface area (Å²) in [5, 5.41) is 2.68. The Kier molecular flexibility index (Phi) is 4.20. The number of nitrogens with one attached hydrogen (secondary N) is 1. The van der Waals surface area contributed by atoms with Gasteiger partial charge < -0.3 is 5.32 Å². The van der Waals surface area contributed by atoms with Crippen LogP contribution in [0.2, 0.25) is 0 Å². The monoisotopic (exact) mass is 298 g/mol. The number of halogens is 1. The van der Waals surface area contributed by atoms with Crippen molar-refractivity contribution < 1.29 is 9.18 Å². The first-order valence-corrected chi connectivity index (χ1v) is 7.51. The highest BCUT2D eigenvalue weighted by Crippen LogP contribution is 2.21. The summed E-state index contributed by atoms with van der Waals surface area (Å²) in [6, 6.07) is 14.2. The van der Waals surface area contributed by atoms with Crippen LogP contribution in [0.3, 0.4) is 0 Å². The van der Waals surface area contributed by atoms with Gasteiger partial charge in [-0.15, -0.1) is 0 Å². The van der Waals surface area contributed by atoms with Crippen molar-refractivity contribution in [1.82, 2.24) is 4.90 Å². The van der Waals surface area contributed by atoms with Crippen LogP contribution in [0, 0.1) is 5.82 Å². The van der Waals surface area contributed by atoms with E-state index in [1.54, 1.807) is 18.2 Å². The van der Waals surface area contributed by atoms with E-state index in [-0.39, 0.29) is 17.6 Å². The zero-order chi connectivity index (χ0) is 15.5. The van der Waals surface area contributed by atoms with Gasteiger partial charge >= 0.3 is 0 Å². The van der Waals surface area contributed by atoms with E-state index >= 15 is 0 Å². The third-order valence-electron chi connectivity index (χ3n) is 4.22. The number of benzene rings is 2. The van der Waals surface area contributed by atoms with Crippen LogP contribution in [-0.2, 0) is 17.8 Å². The zero-order valence-electron chi connectivity index (χ0n) is 12.6. The topological polar surface area (TPSA) is 32.3 Å². The molecule has 1 aliphatic rings. The fourth-order valence-corrected chi connectivity index (χ4v) is 2.81. The van der Waals surface area contributed by atoms with E-state index < -0.39 is 5.82 Å². The summed E-state index contributed by atoms with van der Waals surface area (Å²) in [6.07, 6.45) is 0.938. The van der Waals surface area contributed by atoms with Gasteiger partial charge in [0.15, 0.2) is 0 Å². The number of carbonyl (C=O) groups excluding carboxylic acids is 1. The Morgan fingerprint density at radius 1 is 1.14 bits per heavy atom. The molecular weight excluding hydrogens is 279 g/mol. The first-order chi connectivity index (χ1) is 10.6. The van der Waals surface area contributed by atoms with E-state index in [1.165, 1.54) is 17.2 Å². The molecule has 1 atom stereocenters. The number of hydrogen-bond donors (Lipinski definition) is 1. The van der Waals surface area contributed by atoms with E-state index in [0.717, 1.165) is 19.5 Å². The number of carbonyl (C=O) groups is 1. The SMILES string of the molecule is CC(C(=O)Nc1ccccc1F)N1CCc2ccccc2C1. The van der Waals surface area contributed by atoms with Crippen molar-refractivity contribution in [2.24, 2.45) is 0 Å². The number of hydrogen-bond acceptors (Lipinski definition) is 2. The number of para-hydroxylation sites is 1. The van der Waals surface area contributed by atoms with Crippen LogP contribution in [0.4, 0.5) is 10.1 Å². The van der Waals surface area contributed by atoms with Gasteiger partial charge in [0.1, 0.15) is 5.82 Å². The number of rotatable bonds is 3. The zero-order valence-corrected chi connectivity index (χ0v) is 12.6. The lowest BCUT2D eigenvalue weighted by Gasteiger charge is -2.32. The Hall–Kier alpha value is -2.20. The number of anilines is 1. The molecule has 1 unspecified atom stereocenters. The maximum absolute atomic E-state index is 13.6. The van der Waals surface area contributed by atoms with Crippen molar-refractivity contribution in [3.05, 3.63) is 65.5 Å². The van der Waals surface area contributed by atoms with Gasteiger partial charge in [-0.2, -0.15) is 0 Å². The van der Waals surface area contributed by atoms with Crippen LogP contribution in [-0.4, -0.2) is 23.4 Å². The minimum Gasteiger partial charge on any atom is -0.322 e. The lowest BCUT2D eigenvalue weighted by atomic mass is 9.99. The molecule has 0 fully saturated rings. The first kappa shape index (κ1) is 14.7. The predicted octanol–water partition coefficient (Wildman–Crippen LogP) is 3.21. The molecule has 0 saturated carbocycles. The molecule has 1 aliphatic heterocycles. The van der Waals surface area contributed by atoms with Crippen LogP contribution in [0.1, 0.15) is 18.1 Å². The lowest BCUT2D eigenvalue weighted by molar-refractivity contribution is -0.121. The molecule has 2 aromatic carbocycles. The number of nitrogens with zero attached hydrogens (tertiary/aromatic N) is 1. The first-order valence-electron chi connectivity index (χ1n) is 7.51. The van der Waals surface area contributed by atoms with Crippen LogP contribution < -0.4 is 5.32 Å². The van der Waals surface area contributed by atoms with Crippen LogP contribution in [0.25, 0.3) is 0 Å². The minimum absolute atomic E-state index is 0.176. The molecular formula is C18H19FN2O. The second kappa shape index (κ2) is 6.28. The average molecular weight is 298 g/mol. The minimum atomic E-state index is -0.410. The van der Waals surface area contributed by atoms with Gasteiger partial charge in [0, 0.05) is 13.1 Å². The summed E-state index contributed by atoms with van der Waals surface area (Å²) in [5.74, 6) is -0.587. The molecule has 1 heterocycles. The van der Waals surface area contributed by atoms with Gasteiger partial charge in [-0.1, -0.05) is 36.4 Å². The Morgan fingerprint density at radius 2 is 1.82 bits per heavy atom. The molecule has 0 aliphatic carbocycles. The fourth-order valence-electron chi connectivity index (χ4n) is 2.81. The molecule has 114 valence electrons. The molecule has 0 bridgehead atoms. The average Bonchev–Trinajstić information content (AvgIpc) is 2.55. The fraction of sp³-hybridized carbons (Fsp3) is 0.278. The highest BCUT2D eigenvalue weighted by atomic mass is 19.1. The van der Waals surface area contributed by atoms with Crippen molar-refractivity contribution in [3.8, 4) is 0 Å². The summed E-state index contributed by atoms with van der Waals surface area (Å²) < 4.78 is 13.6. The Morgan fingerprint density at radius 3 is 2.59 bits per heavy atom. The van der Waals surface area contributed by atoms with Gasteiger partial charge in [0.2, 0.25) is 5.91 Å². The Labute approximate surface area is 129 Å². The maximum Gasteiger partial charge on any atom is 0.241 e. The van der Waals surface area contributed by atoms with E-state index in [0.29, 0.717) is 0 Å². The van der Waals surface area contributed by atoms with Gasteiger partial charge in [0.05, 0.1) is 11.7 Å². The molecule has 2 aromatic rings. The highest BCUT2D eigenvalue weighted by molar-refractivity contribution is 5.94. The van der Waals surface area contributed by atoms with Crippen LogP contribution in [0.15, 0.2) is 48.5 Å². The van der Waals surface area contributed by atoms with E-state index in [2.05, 4.69) is 22.3 Å². The van der Waals surface area contributed by atoms with Crippen LogP contribution >= 0.6 is 0 Å². The summed E-state index contributed by atoms with van der Waals surface area (Å²) in [6.45, 7) is 3.45. The predicted molar refractivity (Wildman–Crippen MR) is 85.0 cm³/mol. The highest BCUT2D eigenvalue weighted by Gasteiger charge is 2.25. The van der Waals surface area contributed by atoms with E-state index in [1.807, 2.05) is 19.1 Å². The standard InChI is InChI=1S/C18H19FN2O/c1-13(18(22)20-17-9-5-4-8-16(17)19)21-11-10-14-6-2-3-7-15(14)12-21/h2-9,13H,10-12H2,1H3,(H,20,22). The quantitative estimate of drug-likeness (QED) is 0.943. The lowest BCUT2D eigenvalue weighted by Crippen LogP contribution is -2.44. The molecule has 22 heavy (non-hydrogen) atoms. The summed E-state index contributed by atoms with van der Waals surface area (Å²) in [7, 11) is 0. The molecule has 4 heteroatoms. The third-order valence-corrected chi connectivity index (χ3v) is 4.22. The van der Waals surface area contributed by atoms with Crippen molar-refractivity contribution in [2.75, 3.05) is 11.9 Å². The molecule has 0 saturated heterocycles. The van der Waals surface area contributed by atoms with E-state index in [9.17, 15) is 9.18 Å². The van der Waals surface area contributed by atoms with Crippen LogP contribution in [0.5, 0.6) is 0 Å².